The zero-order valence-corrected chi connectivity index (χ0v) is 13.3. The second-order valence-electron chi connectivity index (χ2n) is 5.22. The van der Waals surface area contributed by atoms with Crippen LogP contribution < -0.4 is 11.1 Å². The van der Waals surface area contributed by atoms with E-state index in [1.807, 2.05) is 18.2 Å². The minimum atomic E-state index is 0.0365. The molecule has 0 saturated heterocycles. The fourth-order valence-corrected chi connectivity index (χ4v) is 3.34. The molecule has 0 aromatic heterocycles. The Bertz CT molecular complexity index is 479. The first kappa shape index (κ1) is 15.5. The summed E-state index contributed by atoms with van der Waals surface area (Å²) < 4.78 is 6.14. The Balaban J connectivity index is 2.13. The zero-order chi connectivity index (χ0) is 14.5. The number of benzene rings is 1. The normalized spacial score (nSPS) is 21.9. The summed E-state index contributed by atoms with van der Waals surface area (Å²) in [4.78, 5) is 12.4. The lowest BCUT2D eigenvalue weighted by Crippen LogP contribution is -2.30. The molecule has 20 heavy (non-hydrogen) atoms. The molecule has 2 rings (SSSR count). The van der Waals surface area contributed by atoms with Gasteiger partial charge in [-0.25, -0.2) is 0 Å². The fraction of sp³-hybridized carbons (Fsp3) is 0.533. The molecule has 0 bridgehead atoms. The predicted molar refractivity (Wildman–Crippen MR) is 83.4 cm³/mol. The Labute approximate surface area is 128 Å². The molecular formula is C15H21BrN2O2. The number of carbonyl (C=O) groups excluding carboxylic acids is 1. The van der Waals surface area contributed by atoms with Crippen LogP contribution in [0.15, 0.2) is 22.7 Å². The molecule has 1 aromatic rings. The number of nitrogens with two attached hydrogens (primary N) is 1. The highest BCUT2D eigenvalue weighted by Gasteiger charge is 2.32. The van der Waals surface area contributed by atoms with Gasteiger partial charge in [0.2, 0.25) is 5.91 Å². The second kappa shape index (κ2) is 7.20. The number of rotatable bonds is 5. The van der Waals surface area contributed by atoms with Gasteiger partial charge < -0.3 is 15.8 Å². The smallest absolute Gasteiger partial charge is 0.227 e. The third kappa shape index (κ3) is 3.40. The standard InChI is InChI=1S/C15H21BrN2O2/c1-20-9-12-13(16)6-3-7-14(12)18-15(19)11-5-2-4-10(11)8-17/h3,6-7,10-11H,2,4-5,8-9,17H2,1H3,(H,18,19)/t10-,11-/m1/s1. The summed E-state index contributed by atoms with van der Waals surface area (Å²) in [5.41, 5.74) is 7.53. The Morgan fingerprint density at radius 1 is 1.50 bits per heavy atom. The quantitative estimate of drug-likeness (QED) is 0.866. The minimum absolute atomic E-state index is 0.0365. The van der Waals surface area contributed by atoms with E-state index in [1.165, 1.54) is 0 Å². The van der Waals surface area contributed by atoms with Gasteiger partial charge in [0.25, 0.3) is 0 Å². The van der Waals surface area contributed by atoms with E-state index >= 15 is 0 Å². The van der Waals surface area contributed by atoms with Crippen molar-refractivity contribution in [3.05, 3.63) is 28.2 Å². The molecule has 0 radical (unpaired) electrons. The summed E-state index contributed by atoms with van der Waals surface area (Å²) in [5, 5.41) is 3.04. The number of methoxy groups -OCH3 is 1. The molecule has 1 amide bonds. The average Bonchev–Trinajstić information content (AvgIpc) is 2.91. The lowest BCUT2D eigenvalue weighted by atomic mass is 9.95. The molecule has 0 spiro atoms. The molecule has 0 unspecified atom stereocenters. The van der Waals surface area contributed by atoms with Gasteiger partial charge in [-0.2, -0.15) is 0 Å². The van der Waals surface area contributed by atoms with Crippen molar-refractivity contribution in [1.29, 1.82) is 0 Å². The maximum absolute atomic E-state index is 12.4. The molecule has 110 valence electrons. The molecule has 1 fully saturated rings. The van der Waals surface area contributed by atoms with Gasteiger partial charge in [-0.3, -0.25) is 4.79 Å². The molecule has 1 saturated carbocycles. The Kier molecular flexibility index (Phi) is 5.57. The van der Waals surface area contributed by atoms with Crippen LogP contribution in [-0.4, -0.2) is 19.6 Å². The third-order valence-corrected chi connectivity index (χ3v) is 4.71. The van der Waals surface area contributed by atoms with E-state index in [1.54, 1.807) is 7.11 Å². The second-order valence-corrected chi connectivity index (χ2v) is 6.08. The van der Waals surface area contributed by atoms with Gasteiger partial charge in [0.05, 0.1) is 6.61 Å². The van der Waals surface area contributed by atoms with Crippen molar-refractivity contribution < 1.29 is 9.53 Å². The maximum Gasteiger partial charge on any atom is 0.227 e. The summed E-state index contributed by atoms with van der Waals surface area (Å²) in [6.07, 6.45) is 3.07. The molecule has 3 N–H and O–H groups in total. The predicted octanol–water partition coefficient (Wildman–Crippen LogP) is 2.91. The summed E-state index contributed by atoms with van der Waals surface area (Å²) in [5.74, 6) is 0.427. The molecule has 0 heterocycles. The van der Waals surface area contributed by atoms with E-state index in [0.29, 0.717) is 19.1 Å². The van der Waals surface area contributed by atoms with Crippen molar-refractivity contribution >= 4 is 27.5 Å². The van der Waals surface area contributed by atoms with Crippen LogP contribution in [0.1, 0.15) is 24.8 Å². The monoisotopic (exact) mass is 340 g/mol. The first-order chi connectivity index (χ1) is 9.67. The van der Waals surface area contributed by atoms with Crippen LogP contribution in [-0.2, 0) is 16.1 Å². The first-order valence-corrected chi connectivity index (χ1v) is 7.74. The molecule has 4 nitrogen and oxygen atoms in total. The van der Waals surface area contributed by atoms with Crippen LogP contribution >= 0.6 is 15.9 Å². The number of nitrogens with one attached hydrogen (secondary N) is 1. The van der Waals surface area contributed by atoms with Crippen molar-refractivity contribution in [3.8, 4) is 0 Å². The van der Waals surface area contributed by atoms with E-state index < -0.39 is 0 Å². The summed E-state index contributed by atoms with van der Waals surface area (Å²) in [6, 6.07) is 5.76. The van der Waals surface area contributed by atoms with E-state index in [-0.39, 0.29) is 11.8 Å². The highest BCUT2D eigenvalue weighted by atomic mass is 79.9. The van der Waals surface area contributed by atoms with Gasteiger partial charge in [0, 0.05) is 28.8 Å². The molecule has 0 aliphatic heterocycles. The number of hydrogen-bond acceptors (Lipinski definition) is 3. The third-order valence-electron chi connectivity index (χ3n) is 3.96. The number of carbonyl (C=O) groups is 1. The lowest BCUT2D eigenvalue weighted by molar-refractivity contribution is -0.120. The van der Waals surface area contributed by atoms with Crippen LogP contribution in [0.5, 0.6) is 0 Å². The highest BCUT2D eigenvalue weighted by molar-refractivity contribution is 9.10. The number of halogens is 1. The SMILES string of the molecule is COCc1c(Br)cccc1NC(=O)[C@@H]1CCC[C@@H]1CN. The van der Waals surface area contributed by atoms with Gasteiger partial charge in [-0.1, -0.05) is 28.4 Å². The maximum atomic E-state index is 12.4. The van der Waals surface area contributed by atoms with Crippen LogP contribution in [0.4, 0.5) is 5.69 Å². The van der Waals surface area contributed by atoms with E-state index in [2.05, 4.69) is 21.2 Å². The van der Waals surface area contributed by atoms with Gasteiger partial charge in [-0.15, -0.1) is 0 Å². The van der Waals surface area contributed by atoms with Crippen LogP contribution in [0.25, 0.3) is 0 Å². The van der Waals surface area contributed by atoms with Gasteiger partial charge in [-0.05, 0) is 37.4 Å². The molecule has 5 heteroatoms. The van der Waals surface area contributed by atoms with E-state index in [0.717, 1.165) is 35.0 Å². The largest absolute Gasteiger partial charge is 0.380 e. The van der Waals surface area contributed by atoms with Gasteiger partial charge in [0.15, 0.2) is 0 Å². The van der Waals surface area contributed by atoms with E-state index in [4.69, 9.17) is 10.5 Å². The van der Waals surface area contributed by atoms with Crippen molar-refractivity contribution in [1.82, 2.24) is 0 Å². The number of ether oxygens (including phenoxy) is 1. The Hall–Kier alpha value is -0.910. The fourth-order valence-electron chi connectivity index (χ4n) is 2.86. The molecule has 1 aromatic carbocycles. The zero-order valence-electron chi connectivity index (χ0n) is 11.7. The van der Waals surface area contributed by atoms with Gasteiger partial charge in [0.1, 0.15) is 0 Å². The summed E-state index contributed by atoms with van der Waals surface area (Å²) in [7, 11) is 1.65. The summed E-state index contributed by atoms with van der Waals surface area (Å²) in [6.45, 7) is 1.05. The van der Waals surface area contributed by atoms with E-state index in [9.17, 15) is 4.79 Å². The minimum Gasteiger partial charge on any atom is -0.380 e. The highest BCUT2D eigenvalue weighted by Crippen LogP contribution is 2.33. The number of anilines is 1. The van der Waals surface area contributed by atoms with Crippen molar-refractivity contribution in [2.45, 2.75) is 25.9 Å². The van der Waals surface area contributed by atoms with Crippen LogP contribution in [0.3, 0.4) is 0 Å². The van der Waals surface area contributed by atoms with Crippen molar-refractivity contribution in [2.75, 3.05) is 19.0 Å². The van der Waals surface area contributed by atoms with Gasteiger partial charge >= 0.3 is 0 Å². The lowest BCUT2D eigenvalue weighted by Gasteiger charge is -2.19. The Morgan fingerprint density at radius 2 is 2.30 bits per heavy atom. The van der Waals surface area contributed by atoms with Crippen molar-refractivity contribution in [2.24, 2.45) is 17.6 Å². The van der Waals surface area contributed by atoms with Crippen LogP contribution in [0.2, 0.25) is 0 Å². The topological polar surface area (TPSA) is 64.3 Å². The number of amides is 1. The molecule has 2 atom stereocenters. The molecule has 1 aliphatic rings. The number of hydrogen-bond donors (Lipinski definition) is 2. The van der Waals surface area contributed by atoms with Crippen LogP contribution in [0, 0.1) is 11.8 Å². The molecular weight excluding hydrogens is 320 g/mol. The molecule has 1 aliphatic carbocycles. The Morgan fingerprint density at radius 3 is 3.00 bits per heavy atom. The van der Waals surface area contributed by atoms with Crippen molar-refractivity contribution in [3.63, 3.8) is 0 Å². The summed E-state index contributed by atoms with van der Waals surface area (Å²) >= 11 is 3.50. The average molecular weight is 341 g/mol. The first-order valence-electron chi connectivity index (χ1n) is 6.94.